The molecule has 2 heterocycles. The largest absolute Gasteiger partial charge is 0.456 e. The summed E-state index contributed by atoms with van der Waals surface area (Å²) in [6.07, 6.45) is 5.57. The lowest BCUT2D eigenvalue weighted by atomic mass is 9.86. The van der Waals surface area contributed by atoms with Crippen LogP contribution in [0, 0.1) is 0 Å². The van der Waals surface area contributed by atoms with Crippen molar-refractivity contribution >= 4 is 71.8 Å². The number of fused-ring (bicyclic) bond motifs is 9. The first kappa shape index (κ1) is 37.2. The zero-order valence-electron chi connectivity index (χ0n) is 35.6. The summed E-state index contributed by atoms with van der Waals surface area (Å²) in [5, 5.41) is 7.22. The molecule has 0 saturated carbocycles. The Morgan fingerprint density at radius 1 is 0.431 bits per heavy atom. The molecular formula is C62H42N2O. The van der Waals surface area contributed by atoms with Gasteiger partial charge in [0.15, 0.2) is 0 Å². The molecule has 3 nitrogen and oxygen atoms in total. The molecule has 0 amide bonds. The highest BCUT2D eigenvalue weighted by Crippen LogP contribution is 2.56. The molecule has 2 aliphatic rings. The summed E-state index contributed by atoms with van der Waals surface area (Å²) in [6.45, 7) is 0. The standard InChI is InChI=1S/C62H42N2O/c1-4-16-41(17-5-1)43-28-30-45(31-29-43)60-61-53-37-36-49(39-56(53)64(47-21-8-3-9-22-47)57(61)40-59-62(60)54-26-14-15-27-58(54)65-59)63(48-34-32-44(33-35-48)42-18-6-2-7-19-42)55-38-46-20-10-11-23-50(46)51-24-12-13-25-52(51)55/h1-38,40,56H,39H2. The number of nitrogens with zero attached hydrogens (tertiary/aromatic N) is 2. The maximum atomic E-state index is 6.80. The zero-order valence-corrected chi connectivity index (χ0v) is 35.6. The minimum atomic E-state index is 0.00493. The van der Waals surface area contributed by atoms with Gasteiger partial charge in [0.2, 0.25) is 0 Å². The first-order valence-electron chi connectivity index (χ1n) is 22.5. The molecule has 11 aromatic rings. The van der Waals surface area contributed by atoms with Crippen LogP contribution in [0.2, 0.25) is 0 Å². The molecule has 1 aliphatic carbocycles. The summed E-state index contributed by atoms with van der Waals surface area (Å²) >= 11 is 0. The lowest BCUT2D eigenvalue weighted by molar-refractivity contribution is 0.669. The highest BCUT2D eigenvalue weighted by atomic mass is 16.3. The summed E-state index contributed by atoms with van der Waals surface area (Å²) in [5.41, 5.74) is 17.4. The molecule has 3 heteroatoms. The van der Waals surface area contributed by atoms with Crippen LogP contribution < -0.4 is 9.80 Å². The van der Waals surface area contributed by atoms with Crippen molar-refractivity contribution in [2.75, 3.05) is 9.80 Å². The van der Waals surface area contributed by atoms with Crippen LogP contribution in [-0.4, -0.2) is 6.04 Å². The van der Waals surface area contributed by atoms with Gasteiger partial charge in [-0.1, -0.05) is 188 Å². The van der Waals surface area contributed by atoms with Gasteiger partial charge in [0.1, 0.15) is 11.2 Å². The van der Waals surface area contributed by atoms with Crippen molar-refractivity contribution in [3.63, 3.8) is 0 Å². The third kappa shape index (κ3) is 6.12. The SMILES string of the molecule is C1=C2c3c(cc4oc5ccccc5c4c3-c3ccc(-c4ccccc4)cc3)N(c3ccccc3)C2CC(N(c2ccc(-c3ccccc3)cc2)c2cc3ccccc3c3ccccc23)=C1. The predicted octanol–water partition coefficient (Wildman–Crippen LogP) is 16.9. The Morgan fingerprint density at radius 3 is 1.69 bits per heavy atom. The van der Waals surface area contributed by atoms with Crippen LogP contribution in [0.1, 0.15) is 12.0 Å². The van der Waals surface area contributed by atoms with Crippen LogP contribution in [-0.2, 0) is 0 Å². The fourth-order valence-corrected chi connectivity index (χ4v) is 10.6. The number of para-hydroxylation sites is 2. The molecule has 65 heavy (non-hydrogen) atoms. The summed E-state index contributed by atoms with van der Waals surface area (Å²) < 4.78 is 6.80. The van der Waals surface area contributed by atoms with Crippen molar-refractivity contribution < 1.29 is 4.42 Å². The summed E-state index contributed by atoms with van der Waals surface area (Å²) in [5.74, 6) is 0. The van der Waals surface area contributed by atoms with Crippen molar-refractivity contribution in [2.24, 2.45) is 0 Å². The number of hydrogen-bond donors (Lipinski definition) is 0. The van der Waals surface area contributed by atoms with Gasteiger partial charge in [0.05, 0.1) is 17.4 Å². The van der Waals surface area contributed by atoms with Crippen molar-refractivity contribution in [1.82, 2.24) is 0 Å². The summed E-state index contributed by atoms with van der Waals surface area (Å²) in [7, 11) is 0. The fourth-order valence-electron chi connectivity index (χ4n) is 10.6. The van der Waals surface area contributed by atoms with Gasteiger partial charge in [0.25, 0.3) is 0 Å². The van der Waals surface area contributed by atoms with E-state index in [0.717, 1.165) is 45.4 Å². The van der Waals surface area contributed by atoms with Gasteiger partial charge in [0, 0.05) is 56.8 Å². The molecule has 306 valence electrons. The van der Waals surface area contributed by atoms with E-state index in [1.54, 1.807) is 0 Å². The maximum Gasteiger partial charge on any atom is 0.138 e. The molecule has 0 radical (unpaired) electrons. The Balaban J connectivity index is 1.05. The monoisotopic (exact) mass is 830 g/mol. The topological polar surface area (TPSA) is 19.6 Å². The number of rotatable bonds is 7. The molecule has 13 rings (SSSR count). The molecule has 1 unspecified atom stereocenters. The highest BCUT2D eigenvalue weighted by molar-refractivity contribution is 6.19. The van der Waals surface area contributed by atoms with Crippen LogP contribution in [0.3, 0.4) is 0 Å². The van der Waals surface area contributed by atoms with Gasteiger partial charge >= 0.3 is 0 Å². The van der Waals surface area contributed by atoms with Crippen molar-refractivity contribution in [2.45, 2.75) is 12.5 Å². The predicted molar refractivity (Wildman–Crippen MR) is 273 cm³/mol. The number of benzene rings is 10. The van der Waals surface area contributed by atoms with E-state index in [1.165, 1.54) is 77.4 Å². The van der Waals surface area contributed by atoms with E-state index < -0.39 is 0 Å². The number of anilines is 4. The fraction of sp³-hybridized carbons (Fsp3) is 0.0323. The highest BCUT2D eigenvalue weighted by Gasteiger charge is 2.41. The third-order valence-electron chi connectivity index (χ3n) is 13.5. The first-order chi connectivity index (χ1) is 32.2. The molecule has 1 atom stereocenters. The van der Waals surface area contributed by atoms with Crippen molar-refractivity contribution in [3.8, 4) is 33.4 Å². The molecule has 1 aliphatic heterocycles. The van der Waals surface area contributed by atoms with Crippen LogP contribution in [0.15, 0.2) is 247 Å². The second-order valence-electron chi connectivity index (χ2n) is 17.2. The molecule has 10 aromatic carbocycles. The van der Waals surface area contributed by atoms with Crippen molar-refractivity contribution in [3.05, 3.63) is 248 Å². The number of furan rings is 1. The van der Waals surface area contributed by atoms with Crippen LogP contribution >= 0.6 is 0 Å². The average Bonchev–Trinajstić information content (AvgIpc) is 3.92. The quantitative estimate of drug-likeness (QED) is 0.149. The van der Waals surface area contributed by atoms with Gasteiger partial charge < -0.3 is 14.2 Å². The number of allylic oxidation sites excluding steroid dienone is 2. The lowest BCUT2D eigenvalue weighted by Crippen LogP contribution is -2.32. The zero-order chi connectivity index (χ0) is 42.8. The Kier molecular flexibility index (Phi) is 8.67. The van der Waals surface area contributed by atoms with Crippen LogP contribution in [0.5, 0.6) is 0 Å². The van der Waals surface area contributed by atoms with E-state index in [2.05, 4.69) is 246 Å². The molecule has 1 aromatic heterocycles. The van der Waals surface area contributed by atoms with Crippen molar-refractivity contribution in [1.29, 1.82) is 0 Å². The first-order valence-corrected chi connectivity index (χ1v) is 22.5. The van der Waals surface area contributed by atoms with Crippen LogP contribution in [0.25, 0.3) is 82.4 Å². The molecule has 0 saturated heterocycles. The van der Waals surface area contributed by atoms with Gasteiger partial charge in [-0.25, -0.2) is 0 Å². The van der Waals surface area contributed by atoms with E-state index in [-0.39, 0.29) is 6.04 Å². The second-order valence-corrected chi connectivity index (χ2v) is 17.2. The van der Waals surface area contributed by atoms with E-state index in [0.29, 0.717) is 0 Å². The Bertz CT molecular complexity index is 3660. The van der Waals surface area contributed by atoms with Gasteiger partial charge in [-0.3, -0.25) is 0 Å². The minimum absolute atomic E-state index is 0.00493. The Hall–Kier alpha value is -8.40. The minimum Gasteiger partial charge on any atom is -0.456 e. The second kappa shape index (κ2) is 15.1. The molecular weight excluding hydrogens is 789 g/mol. The number of hydrogen-bond acceptors (Lipinski definition) is 3. The Morgan fingerprint density at radius 2 is 0.985 bits per heavy atom. The van der Waals surface area contributed by atoms with E-state index in [1.807, 2.05) is 0 Å². The molecule has 0 bridgehead atoms. The molecule has 0 fully saturated rings. The van der Waals surface area contributed by atoms with Gasteiger partial charge in [-0.2, -0.15) is 0 Å². The van der Waals surface area contributed by atoms with Gasteiger partial charge in [-0.15, -0.1) is 0 Å². The molecule has 0 N–H and O–H groups in total. The summed E-state index contributed by atoms with van der Waals surface area (Å²) in [4.78, 5) is 5.09. The van der Waals surface area contributed by atoms with Crippen LogP contribution in [0.4, 0.5) is 22.7 Å². The third-order valence-corrected chi connectivity index (χ3v) is 13.5. The smallest absolute Gasteiger partial charge is 0.138 e. The summed E-state index contributed by atoms with van der Waals surface area (Å²) in [6, 6.07) is 81.3. The Labute approximate surface area is 378 Å². The van der Waals surface area contributed by atoms with E-state index in [4.69, 9.17) is 4.42 Å². The van der Waals surface area contributed by atoms with E-state index in [9.17, 15) is 0 Å². The van der Waals surface area contributed by atoms with Gasteiger partial charge in [-0.05, 0) is 92.0 Å². The molecule has 0 spiro atoms. The lowest BCUT2D eigenvalue weighted by Gasteiger charge is -2.36. The van der Waals surface area contributed by atoms with E-state index >= 15 is 0 Å². The normalized spacial score (nSPS) is 14.4. The average molecular weight is 831 g/mol. The maximum absolute atomic E-state index is 6.80.